The van der Waals surface area contributed by atoms with Crippen LogP contribution in [0, 0.1) is 11.8 Å². The minimum Gasteiger partial charge on any atom is -0.472 e. The summed E-state index contributed by atoms with van der Waals surface area (Å²) in [4.78, 5) is 10.3. The van der Waals surface area contributed by atoms with E-state index in [-0.39, 0.29) is 23.3 Å². The molecule has 2 heterocycles. The zero-order chi connectivity index (χ0) is 20.5. The van der Waals surface area contributed by atoms with Gasteiger partial charge in [-0.2, -0.15) is 0 Å². The average Bonchev–Trinajstić information content (AvgIpc) is 2.96. The van der Waals surface area contributed by atoms with Crippen molar-refractivity contribution in [2.75, 3.05) is 0 Å². The first-order chi connectivity index (χ1) is 13.9. The standard InChI is InChI=1S/C25H42N2O2/c1-18(2)22-24(13-9-5-6-10-14-24)28-20(26-22)17-21-27-23(19(3)4)25(29-21)15-11-7-8-12-16-25/h18-19,22-23H,5-17H2,1-4H3/t22-,23-/m0/s1. The van der Waals surface area contributed by atoms with E-state index in [1.165, 1.54) is 51.4 Å². The molecule has 164 valence electrons. The molecule has 29 heavy (non-hydrogen) atoms. The summed E-state index contributed by atoms with van der Waals surface area (Å²) in [7, 11) is 0. The Labute approximate surface area is 177 Å². The van der Waals surface area contributed by atoms with Crippen LogP contribution in [-0.2, 0) is 9.47 Å². The summed E-state index contributed by atoms with van der Waals surface area (Å²) in [6, 6.07) is 0.565. The third kappa shape index (κ3) is 4.23. The summed E-state index contributed by atoms with van der Waals surface area (Å²) >= 11 is 0. The second kappa shape index (κ2) is 8.59. The highest BCUT2D eigenvalue weighted by Gasteiger charge is 2.50. The minimum absolute atomic E-state index is 0.0728. The normalized spacial score (nSPS) is 31.4. The largest absolute Gasteiger partial charge is 0.472 e. The van der Waals surface area contributed by atoms with Gasteiger partial charge in [0.2, 0.25) is 0 Å². The van der Waals surface area contributed by atoms with Crippen LogP contribution in [0.2, 0.25) is 0 Å². The van der Waals surface area contributed by atoms with Gasteiger partial charge in [-0.25, -0.2) is 9.98 Å². The Morgan fingerprint density at radius 2 is 1.00 bits per heavy atom. The fourth-order valence-electron chi connectivity index (χ4n) is 6.44. The third-order valence-electron chi connectivity index (χ3n) is 7.75. The topological polar surface area (TPSA) is 43.2 Å². The molecular weight excluding hydrogens is 360 g/mol. The van der Waals surface area contributed by atoms with Gasteiger partial charge in [0.15, 0.2) is 11.8 Å². The van der Waals surface area contributed by atoms with Gasteiger partial charge in [-0.3, -0.25) is 0 Å². The maximum absolute atomic E-state index is 6.69. The first-order valence-corrected chi connectivity index (χ1v) is 12.5. The Kier molecular flexibility index (Phi) is 6.27. The van der Waals surface area contributed by atoms with E-state index in [1.807, 2.05) is 0 Å². The molecule has 2 aliphatic heterocycles. The Morgan fingerprint density at radius 3 is 1.31 bits per heavy atom. The van der Waals surface area contributed by atoms with Crippen LogP contribution in [0.4, 0.5) is 0 Å². The molecule has 4 rings (SSSR count). The van der Waals surface area contributed by atoms with Crippen molar-refractivity contribution >= 4 is 11.8 Å². The van der Waals surface area contributed by atoms with Crippen LogP contribution in [0.3, 0.4) is 0 Å². The van der Waals surface area contributed by atoms with E-state index in [2.05, 4.69) is 27.7 Å². The lowest BCUT2D eigenvalue weighted by Gasteiger charge is -2.35. The van der Waals surface area contributed by atoms with Gasteiger partial charge in [-0.05, 0) is 63.2 Å². The quantitative estimate of drug-likeness (QED) is 0.541. The van der Waals surface area contributed by atoms with E-state index in [0.717, 1.165) is 37.5 Å². The summed E-state index contributed by atoms with van der Waals surface area (Å²) < 4.78 is 13.4. The zero-order valence-electron chi connectivity index (χ0n) is 19.2. The van der Waals surface area contributed by atoms with Gasteiger partial charge in [0.05, 0.1) is 18.5 Å². The predicted octanol–water partition coefficient (Wildman–Crippen LogP) is 6.47. The van der Waals surface area contributed by atoms with Gasteiger partial charge in [0.1, 0.15) is 11.2 Å². The molecule has 0 bridgehead atoms. The number of nitrogens with zero attached hydrogens (tertiary/aromatic N) is 2. The van der Waals surface area contributed by atoms with E-state index in [9.17, 15) is 0 Å². The fraction of sp³-hybridized carbons (Fsp3) is 0.920. The molecule has 0 N–H and O–H groups in total. The second-order valence-electron chi connectivity index (χ2n) is 10.8. The number of hydrogen-bond donors (Lipinski definition) is 0. The molecule has 4 heteroatoms. The van der Waals surface area contributed by atoms with Crippen molar-refractivity contribution in [3.05, 3.63) is 0 Å². The highest BCUT2D eigenvalue weighted by Crippen LogP contribution is 2.44. The van der Waals surface area contributed by atoms with E-state index in [0.29, 0.717) is 18.3 Å². The second-order valence-corrected chi connectivity index (χ2v) is 10.8. The first kappa shape index (κ1) is 21.2. The molecule has 0 amide bonds. The molecule has 2 saturated carbocycles. The fourth-order valence-corrected chi connectivity index (χ4v) is 6.44. The van der Waals surface area contributed by atoms with E-state index in [1.54, 1.807) is 0 Å². The zero-order valence-corrected chi connectivity index (χ0v) is 19.2. The lowest BCUT2D eigenvalue weighted by Crippen LogP contribution is -2.43. The molecule has 0 saturated heterocycles. The molecule has 2 atom stereocenters. The van der Waals surface area contributed by atoms with Crippen LogP contribution in [0.5, 0.6) is 0 Å². The van der Waals surface area contributed by atoms with E-state index in [4.69, 9.17) is 19.5 Å². The molecule has 0 aromatic carbocycles. The predicted molar refractivity (Wildman–Crippen MR) is 120 cm³/mol. The summed E-state index contributed by atoms with van der Waals surface area (Å²) in [6.45, 7) is 9.19. The minimum atomic E-state index is -0.0728. The smallest absolute Gasteiger partial charge is 0.193 e. The highest BCUT2D eigenvalue weighted by molar-refractivity contribution is 5.99. The van der Waals surface area contributed by atoms with Crippen molar-refractivity contribution in [1.82, 2.24) is 0 Å². The average molecular weight is 403 g/mol. The van der Waals surface area contributed by atoms with Gasteiger partial charge in [0.25, 0.3) is 0 Å². The van der Waals surface area contributed by atoms with Gasteiger partial charge in [-0.1, -0.05) is 53.4 Å². The molecule has 0 aromatic rings. The van der Waals surface area contributed by atoms with Crippen LogP contribution >= 0.6 is 0 Å². The van der Waals surface area contributed by atoms with Crippen molar-refractivity contribution in [1.29, 1.82) is 0 Å². The molecule has 2 aliphatic carbocycles. The maximum atomic E-state index is 6.69. The van der Waals surface area contributed by atoms with Crippen molar-refractivity contribution in [3.8, 4) is 0 Å². The van der Waals surface area contributed by atoms with Gasteiger partial charge < -0.3 is 9.47 Å². The Hall–Kier alpha value is -1.06. The van der Waals surface area contributed by atoms with Crippen molar-refractivity contribution in [3.63, 3.8) is 0 Å². The van der Waals surface area contributed by atoms with Crippen molar-refractivity contribution in [2.24, 2.45) is 21.8 Å². The molecular formula is C25H42N2O2. The van der Waals surface area contributed by atoms with Crippen LogP contribution in [0.15, 0.2) is 9.98 Å². The summed E-state index contributed by atoms with van der Waals surface area (Å²) in [5.74, 6) is 2.79. The first-order valence-electron chi connectivity index (χ1n) is 12.5. The number of aliphatic imine (C=N–C) groups is 2. The van der Waals surface area contributed by atoms with Gasteiger partial charge in [0, 0.05) is 0 Å². The van der Waals surface area contributed by atoms with Crippen LogP contribution in [-0.4, -0.2) is 35.1 Å². The summed E-state index contributed by atoms with van der Waals surface area (Å²) in [6.07, 6.45) is 15.6. The third-order valence-corrected chi connectivity index (χ3v) is 7.75. The molecule has 0 unspecified atom stereocenters. The molecule has 0 radical (unpaired) electrons. The molecule has 2 fully saturated rings. The van der Waals surface area contributed by atoms with Gasteiger partial charge in [-0.15, -0.1) is 0 Å². The molecule has 2 spiro atoms. The number of ether oxygens (including phenoxy) is 2. The van der Waals surface area contributed by atoms with Crippen LogP contribution in [0.25, 0.3) is 0 Å². The monoisotopic (exact) mass is 402 g/mol. The maximum Gasteiger partial charge on any atom is 0.193 e. The van der Waals surface area contributed by atoms with Crippen molar-refractivity contribution < 1.29 is 9.47 Å². The number of rotatable bonds is 4. The number of hydrogen-bond acceptors (Lipinski definition) is 4. The molecule has 4 aliphatic rings. The van der Waals surface area contributed by atoms with Crippen LogP contribution < -0.4 is 0 Å². The summed E-state index contributed by atoms with van der Waals surface area (Å²) in [5, 5.41) is 0. The van der Waals surface area contributed by atoms with E-state index >= 15 is 0 Å². The van der Waals surface area contributed by atoms with Crippen LogP contribution in [0.1, 0.15) is 111 Å². The Bertz CT molecular complexity index is 567. The Balaban J connectivity index is 1.51. The lowest BCUT2D eigenvalue weighted by molar-refractivity contribution is 0.0196. The SMILES string of the molecule is CC(C)[C@@H]1N=C(CC2=N[C@@H](C(C)C)C3(CCCCCC3)O2)OC12CCCCCC2. The van der Waals surface area contributed by atoms with Crippen molar-refractivity contribution in [2.45, 2.75) is 134 Å². The summed E-state index contributed by atoms with van der Waals surface area (Å²) in [5.41, 5.74) is -0.146. The lowest BCUT2D eigenvalue weighted by atomic mass is 9.81. The van der Waals surface area contributed by atoms with Gasteiger partial charge >= 0.3 is 0 Å². The molecule has 4 nitrogen and oxygen atoms in total. The highest BCUT2D eigenvalue weighted by atomic mass is 16.5. The molecule has 0 aromatic heterocycles. The Morgan fingerprint density at radius 1 is 0.655 bits per heavy atom. The van der Waals surface area contributed by atoms with E-state index < -0.39 is 0 Å².